The molecule has 0 fully saturated rings. The van der Waals surface area contributed by atoms with E-state index in [9.17, 15) is 25.3 Å². The molecule has 10 nitrogen and oxygen atoms in total. The lowest BCUT2D eigenvalue weighted by Crippen LogP contribution is -2.07. The Morgan fingerprint density at radius 1 is 0.864 bits per heavy atom. The van der Waals surface area contributed by atoms with Crippen molar-refractivity contribution in [1.82, 2.24) is 0 Å². The van der Waals surface area contributed by atoms with Gasteiger partial charge in [-0.25, -0.2) is 4.18 Å². The highest BCUT2D eigenvalue weighted by atomic mass is 32.3. The van der Waals surface area contributed by atoms with Crippen molar-refractivity contribution >= 4 is 30.6 Å². The minimum absolute atomic E-state index is 0.0476. The van der Waals surface area contributed by atoms with Gasteiger partial charge in [-0.15, -0.1) is 6.58 Å². The van der Waals surface area contributed by atoms with Gasteiger partial charge in [0, 0.05) is 0 Å². The van der Waals surface area contributed by atoms with Crippen molar-refractivity contribution in [2.75, 3.05) is 32.3 Å². The largest absolute Gasteiger partial charge is 0.397 e. The molecule has 0 aliphatic heterocycles. The molecule has 0 saturated carbocycles. The van der Waals surface area contributed by atoms with Crippen LogP contribution in [0.15, 0.2) is 12.7 Å². The van der Waals surface area contributed by atoms with E-state index in [1.54, 1.807) is 0 Å². The average molecular weight is 384 g/mol. The summed E-state index contributed by atoms with van der Waals surface area (Å²) < 4.78 is 81.7. The zero-order valence-electron chi connectivity index (χ0n) is 12.2. The van der Waals surface area contributed by atoms with Crippen LogP contribution in [0.4, 0.5) is 0 Å². The van der Waals surface area contributed by atoms with Gasteiger partial charge >= 0.3 is 10.4 Å². The van der Waals surface area contributed by atoms with E-state index in [0.29, 0.717) is 12.8 Å². The van der Waals surface area contributed by atoms with Crippen LogP contribution in [0.3, 0.4) is 0 Å². The highest BCUT2D eigenvalue weighted by Gasteiger charge is 2.03. The summed E-state index contributed by atoms with van der Waals surface area (Å²) in [4.78, 5) is 0. The van der Waals surface area contributed by atoms with Crippen molar-refractivity contribution in [1.29, 1.82) is 0 Å². The Morgan fingerprint density at radius 2 is 1.23 bits per heavy atom. The first-order valence-electron chi connectivity index (χ1n) is 5.68. The molecule has 22 heavy (non-hydrogen) atoms. The third-order valence-corrected chi connectivity index (χ3v) is 3.09. The lowest BCUT2D eigenvalue weighted by atomic mass is 10.3. The first kappa shape index (κ1) is 23.7. The fraction of sp³-hybridized carbons (Fsp3) is 0.778. The van der Waals surface area contributed by atoms with Gasteiger partial charge < -0.3 is 0 Å². The normalized spacial score (nSPS) is 12.3. The zero-order chi connectivity index (χ0) is 17.9. The van der Waals surface area contributed by atoms with Crippen LogP contribution in [0, 0.1) is 0 Å². The van der Waals surface area contributed by atoms with E-state index in [2.05, 4.69) is 19.1 Å². The molecule has 0 unspecified atom stereocenters. The van der Waals surface area contributed by atoms with Gasteiger partial charge in [-0.05, 0) is 12.8 Å². The fourth-order valence-corrected chi connectivity index (χ4v) is 1.87. The van der Waals surface area contributed by atoms with Crippen LogP contribution < -0.4 is 0 Å². The Balaban J connectivity index is 0. The highest BCUT2D eigenvalue weighted by Crippen LogP contribution is 1.96. The number of unbranched alkanes of at least 4 members (excludes halogenated alkanes) is 1. The topological polar surface area (TPSA) is 150 Å². The van der Waals surface area contributed by atoms with E-state index in [4.69, 9.17) is 4.55 Å². The van der Waals surface area contributed by atoms with Gasteiger partial charge in [-0.3, -0.25) is 12.9 Å². The van der Waals surface area contributed by atoms with E-state index in [1.165, 1.54) is 6.08 Å². The zero-order valence-corrected chi connectivity index (χ0v) is 14.6. The summed E-state index contributed by atoms with van der Waals surface area (Å²) in [5, 5.41) is 0. The predicted octanol–water partition coefficient (Wildman–Crippen LogP) is -0.289. The van der Waals surface area contributed by atoms with Crippen LogP contribution in [0.2, 0.25) is 0 Å². The van der Waals surface area contributed by atoms with Crippen LogP contribution >= 0.6 is 0 Å². The van der Waals surface area contributed by atoms with Gasteiger partial charge in [0.1, 0.15) is 0 Å². The Labute approximate surface area is 131 Å². The van der Waals surface area contributed by atoms with E-state index in [0.717, 1.165) is 12.5 Å². The summed E-state index contributed by atoms with van der Waals surface area (Å²) in [5.41, 5.74) is 0. The number of hydrogen-bond acceptors (Lipinski definition) is 9. The van der Waals surface area contributed by atoms with Gasteiger partial charge in [0.25, 0.3) is 20.2 Å². The molecular weight excluding hydrogens is 364 g/mol. The second-order valence-corrected chi connectivity index (χ2v) is 8.14. The van der Waals surface area contributed by atoms with Gasteiger partial charge in [0.15, 0.2) is 0 Å². The van der Waals surface area contributed by atoms with Crippen molar-refractivity contribution < 1.29 is 42.4 Å². The first-order valence-corrected chi connectivity index (χ1v) is 10.7. The minimum Gasteiger partial charge on any atom is -0.270 e. The molecule has 134 valence electrons. The maximum absolute atomic E-state index is 10.5. The molecule has 0 amide bonds. The summed E-state index contributed by atoms with van der Waals surface area (Å²) in [6, 6.07) is 0. The van der Waals surface area contributed by atoms with E-state index in [-0.39, 0.29) is 19.8 Å². The summed E-state index contributed by atoms with van der Waals surface area (Å²) >= 11 is 0. The molecule has 0 rings (SSSR count). The molecule has 0 aliphatic carbocycles. The Hall–Kier alpha value is -0.570. The molecule has 0 saturated heterocycles. The van der Waals surface area contributed by atoms with Crippen molar-refractivity contribution in [3.8, 4) is 0 Å². The van der Waals surface area contributed by atoms with Crippen LogP contribution in [-0.2, 0) is 43.2 Å². The van der Waals surface area contributed by atoms with Crippen molar-refractivity contribution in [2.24, 2.45) is 0 Å². The molecule has 0 atom stereocenters. The smallest absolute Gasteiger partial charge is 0.270 e. The lowest BCUT2D eigenvalue weighted by Gasteiger charge is -2.01. The van der Waals surface area contributed by atoms with Crippen molar-refractivity contribution in [2.45, 2.75) is 12.8 Å². The predicted molar refractivity (Wildman–Crippen MR) is 78.5 cm³/mol. The standard InChI is InChI=1S/C6H14O6S2.C3H6O4S/c1-13(7,8)11-5-3-4-6-12-14(2,9)10;1-2-3-7-8(4,5)6/h3-6H2,1-2H3;2H,1,3H2,(H,4,5,6). The van der Waals surface area contributed by atoms with Gasteiger partial charge in [0.05, 0.1) is 32.3 Å². The average Bonchev–Trinajstić information content (AvgIpc) is 2.28. The molecule has 0 aromatic heterocycles. The quantitative estimate of drug-likeness (QED) is 0.230. The number of hydrogen-bond donors (Lipinski definition) is 1. The second-order valence-electron chi connectivity index (χ2n) is 3.76. The molecule has 0 aromatic rings. The molecule has 0 heterocycles. The molecule has 0 spiro atoms. The summed E-state index contributed by atoms with van der Waals surface area (Å²) in [5.74, 6) is 0. The number of rotatable bonds is 10. The van der Waals surface area contributed by atoms with Crippen LogP contribution in [-0.4, -0.2) is 62.1 Å². The SMILES string of the molecule is C=CCOS(=O)(=O)O.CS(=O)(=O)OCCCCOS(C)(=O)=O. The summed E-state index contributed by atoms with van der Waals surface area (Å²) in [6.45, 7) is 3.06. The molecule has 1 N–H and O–H groups in total. The second kappa shape index (κ2) is 11.0. The Morgan fingerprint density at radius 3 is 1.41 bits per heavy atom. The van der Waals surface area contributed by atoms with Gasteiger partial charge in [-0.1, -0.05) is 6.08 Å². The highest BCUT2D eigenvalue weighted by molar-refractivity contribution is 7.86. The van der Waals surface area contributed by atoms with Crippen LogP contribution in [0.5, 0.6) is 0 Å². The molecule has 0 aromatic carbocycles. The maximum atomic E-state index is 10.5. The molecular formula is C9H20O10S3. The molecule has 0 aliphatic rings. The first-order chi connectivity index (χ1) is 9.77. The minimum atomic E-state index is -4.26. The van der Waals surface area contributed by atoms with E-state index < -0.39 is 30.6 Å². The molecule has 0 radical (unpaired) electrons. The molecule has 13 heteroatoms. The van der Waals surface area contributed by atoms with Gasteiger partial charge in [-0.2, -0.15) is 25.3 Å². The lowest BCUT2D eigenvalue weighted by molar-refractivity contribution is 0.273. The Kier molecular flexibility index (Phi) is 11.9. The monoisotopic (exact) mass is 384 g/mol. The van der Waals surface area contributed by atoms with Crippen LogP contribution in [0.25, 0.3) is 0 Å². The summed E-state index contributed by atoms with van der Waals surface area (Å²) in [6.07, 6.45) is 4.00. The fourth-order valence-electron chi connectivity index (χ4n) is 0.759. The third-order valence-electron chi connectivity index (χ3n) is 1.47. The van der Waals surface area contributed by atoms with E-state index >= 15 is 0 Å². The van der Waals surface area contributed by atoms with Crippen LogP contribution in [0.1, 0.15) is 12.8 Å². The maximum Gasteiger partial charge on any atom is 0.397 e. The van der Waals surface area contributed by atoms with E-state index in [1.807, 2.05) is 0 Å². The molecule has 0 bridgehead atoms. The Bertz CT molecular complexity index is 566. The van der Waals surface area contributed by atoms with Crippen molar-refractivity contribution in [3.05, 3.63) is 12.7 Å². The summed E-state index contributed by atoms with van der Waals surface area (Å²) in [7, 11) is -11.1. The third kappa shape index (κ3) is 27.7. The van der Waals surface area contributed by atoms with Gasteiger partial charge in [0.2, 0.25) is 0 Å². The van der Waals surface area contributed by atoms with Crippen molar-refractivity contribution in [3.63, 3.8) is 0 Å².